The monoisotopic (exact) mass is 286 g/mol. The summed E-state index contributed by atoms with van der Waals surface area (Å²) in [5.74, 6) is 0.877. The van der Waals surface area contributed by atoms with Crippen LogP contribution in [-0.2, 0) is 0 Å². The minimum absolute atomic E-state index is 0.431. The maximum absolute atomic E-state index is 9.57. The molecule has 0 fully saturated rings. The van der Waals surface area contributed by atoms with Crippen molar-refractivity contribution in [3.63, 3.8) is 0 Å². The number of hydrogen-bond acceptors (Lipinski definition) is 2. The zero-order chi connectivity index (χ0) is 16.3. The molecule has 2 N–H and O–H groups in total. The zero-order valence-corrected chi connectivity index (χ0v) is 14.1. The van der Waals surface area contributed by atoms with Crippen molar-refractivity contribution < 1.29 is 10.2 Å². The van der Waals surface area contributed by atoms with Crippen LogP contribution < -0.4 is 0 Å². The average Bonchev–Trinajstić information content (AvgIpc) is 2.45. The molecule has 2 aromatic rings. The second kappa shape index (κ2) is 6.66. The summed E-state index contributed by atoms with van der Waals surface area (Å²) in [6, 6.07) is 6.05. The van der Waals surface area contributed by atoms with E-state index in [4.69, 9.17) is 0 Å². The Morgan fingerprint density at radius 1 is 0.524 bits per heavy atom. The van der Waals surface area contributed by atoms with Gasteiger partial charge >= 0.3 is 0 Å². The molecule has 0 aliphatic rings. The summed E-state index contributed by atoms with van der Waals surface area (Å²) in [6.45, 7) is 13.7. The molecule has 0 saturated heterocycles. The molecular formula is C19H26O2. The minimum atomic E-state index is 0.431. The van der Waals surface area contributed by atoms with Gasteiger partial charge in [-0.2, -0.15) is 0 Å². The minimum Gasteiger partial charge on any atom is -0.507 e. The highest BCUT2D eigenvalue weighted by molar-refractivity contribution is 5.47. The summed E-state index contributed by atoms with van der Waals surface area (Å²) in [5, 5.41) is 19.0. The molecule has 0 unspecified atom stereocenters. The van der Waals surface area contributed by atoms with E-state index in [0.717, 1.165) is 38.9 Å². The van der Waals surface area contributed by atoms with E-state index in [2.05, 4.69) is 6.07 Å². The van der Waals surface area contributed by atoms with Gasteiger partial charge in [0.05, 0.1) is 0 Å². The molecule has 2 rings (SSSR count). The van der Waals surface area contributed by atoms with E-state index < -0.39 is 0 Å². The molecule has 2 heteroatoms. The quantitative estimate of drug-likeness (QED) is 0.720. The third-order valence-electron chi connectivity index (χ3n) is 4.23. The van der Waals surface area contributed by atoms with Crippen molar-refractivity contribution in [1.82, 2.24) is 0 Å². The van der Waals surface area contributed by atoms with Gasteiger partial charge in [0.15, 0.2) is 0 Å². The van der Waals surface area contributed by atoms with Crippen molar-refractivity contribution in [2.24, 2.45) is 0 Å². The Balaban J connectivity index is 0.000000211. The van der Waals surface area contributed by atoms with E-state index in [1.807, 2.05) is 60.6 Å². The molecule has 0 aliphatic carbocycles. The van der Waals surface area contributed by atoms with Crippen LogP contribution in [0.2, 0.25) is 0 Å². The Hall–Kier alpha value is -1.96. The van der Waals surface area contributed by atoms with Gasteiger partial charge in [-0.05, 0) is 87.4 Å². The molecule has 0 saturated carbocycles. The van der Waals surface area contributed by atoms with Crippen molar-refractivity contribution >= 4 is 0 Å². The fourth-order valence-electron chi connectivity index (χ4n) is 2.13. The number of aryl methyl sites for hydroxylation is 4. The maximum atomic E-state index is 9.57. The van der Waals surface area contributed by atoms with E-state index in [1.54, 1.807) is 0 Å². The van der Waals surface area contributed by atoms with Crippen LogP contribution in [0.15, 0.2) is 18.2 Å². The van der Waals surface area contributed by atoms with E-state index in [0.29, 0.717) is 11.5 Å². The highest BCUT2D eigenvalue weighted by atomic mass is 16.3. The van der Waals surface area contributed by atoms with Gasteiger partial charge in [0, 0.05) is 0 Å². The summed E-state index contributed by atoms with van der Waals surface area (Å²) in [6.07, 6.45) is 0. The SMILES string of the molecule is Cc1cc(C)c(C)c(O)c1C.Cc1ccc(C)c(O)c1C. The van der Waals surface area contributed by atoms with Crippen LogP contribution in [-0.4, -0.2) is 10.2 Å². The Kier molecular flexibility index (Phi) is 5.42. The van der Waals surface area contributed by atoms with Gasteiger partial charge in [-0.15, -0.1) is 0 Å². The van der Waals surface area contributed by atoms with E-state index >= 15 is 0 Å². The standard InChI is InChI=1S/C10H14O.C9H12O/c1-6-5-7(2)9(4)10(11)8(6)3;1-6-4-5-7(2)9(10)8(6)3/h5,11H,1-4H3;4-5,10H,1-3H3. The first-order valence-electron chi connectivity index (χ1n) is 7.19. The normalized spacial score (nSPS) is 10.0. The van der Waals surface area contributed by atoms with Crippen LogP contribution in [0.1, 0.15) is 38.9 Å². The first-order valence-corrected chi connectivity index (χ1v) is 7.19. The molecule has 21 heavy (non-hydrogen) atoms. The lowest BCUT2D eigenvalue weighted by Gasteiger charge is -2.08. The van der Waals surface area contributed by atoms with Crippen LogP contribution in [0, 0.1) is 48.5 Å². The van der Waals surface area contributed by atoms with Gasteiger partial charge in [0.2, 0.25) is 0 Å². The molecule has 0 atom stereocenters. The molecule has 0 aromatic heterocycles. The fourth-order valence-corrected chi connectivity index (χ4v) is 2.13. The summed E-state index contributed by atoms with van der Waals surface area (Å²) >= 11 is 0. The molecule has 0 spiro atoms. The summed E-state index contributed by atoms with van der Waals surface area (Å²) in [4.78, 5) is 0. The third-order valence-corrected chi connectivity index (χ3v) is 4.23. The highest BCUT2D eigenvalue weighted by Gasteiger charge is 2.05. The molecule has 114 valence electrons. The number of benzene rings is 2. The molecule has 2 aromatic carbocycles. The summed E-state index contributed by atoms with van der Waals surface area (Å²) < 4.78 is 0. The first kappa shape index (κ1) is 17.1. The fraction of sp³-hybridized carbons (Fsp3) is 0.368. The Labute approximate surface area is 128 Å². The smallest absolute Gasteiger partial charge is 0.121 e. The molecule has 0 heterocycles. The van der Waals surface area contributed by atoms with Crippen LogP contribution in [0.25, 0.3) is 0 Å². The number of hydrogen-bond donors (Lipinski definition) is 2. The third kappa shape index (κ3) is 3.78. The van der Waals surface area contributed by atoms with Gasteiger partial charge in [0.25, 0.3) is 0 Å². The largest absolute Gasteiger partial charge is 0.507 e. The number of phenolic OH excluding ortho intramolecular Hbond substituents is 2. The average molecular weight is 286 g/mol. The van der Waals surface area contributed by atoms with Crippen LogP contribution >= 0.6 is 0 Å². The molecular weight excluding hydrogens is 260 g/mol. The van der Waals surface area contributed by atoms with Crippen LogP contribution in [0.5, 0.6) is 11.5 Å². The second-order valence-corrected chi connectivity index (χ2v) is 5.78. The summed E-state index contributed by atoms with van der Waals surface area (Å²) in [7, 11) is 0. The maximum Gasteiger partial charge on any atom is 0.121 e. The molecule has 2 nitrogen and oxygen atoms in total. The highest BCUT2D eigenvalue weighted by Crippen LogP contribution is 2.26. The molecule has 0 amide bonds. The van der Waals surface area contributed by atoms with E-state index in [-0.39, 0.29) is 0 Å². The lowest BCUT2D eigenvalue weighted by atomic mass is 10.0. The molecule has 0 bridgehead atoms. The lowest BCUT2D eigenvalue weighted by molar-refractivity contribution is 0.465. The zero-order valence-electron chi connectivity index (χ0n) is 14.1. The van der Waals surface area contributed by atoms with Gasteiger partial charge in [0.1, 0.15) is 11.5 Å². The van der Waals surface area contributed by atoms with Crippen molar-refractivity contribution in [3.8, 4) is 11.5 Å². The number of aromatic hydroxyl groups is 2. The van der Waals surface area contributed by atoms with Gasteiger partial charge in [-0.3, -0.25) is 0 Å². The van der Waals surface area contributed by atoms with Crippen molar-refractivity contribution in [2.75, 3.05) is 0 Å². The number of phenols is 2. The molecule has 0 aliphatic heterocycles. The van der Waals surface area contributed by atoms with Gasteiger partial charge in [-0.1, -0.05) is 18.2 Å². The lowest BCUT2D eigenvalue weighted by Crippen LogP contribution is -1.88. The van der Waals surface area contributed by atoms with Crippen LogP contribution in [0.3, 0.4) is 0 Å². The van der Waals surface area contributed by atoms with Crippen LogP contribution in [0.4, 0.5) is 0 Å². The summed E-state index contributed by atoms with van der Waals surface area (Å²) in [5.41, 5.74) is 7.38. The molecule has 0 radical (unpaired) electrons. The van der Waals surface area contributed by atoms with Crippen molar-refractivity contribution in [1.29, 1.82) is 0 Å². The first-order chi connectivity index (χ1) is 9.66. The van der Waals surface area contributed by atoms with Crippen molar-refractivity contribution in [2.45, 2.75) is 48.5 Å². The van der Waals surface area contributed by atoms with Gasteiger partial charge < -0.3 is 10.2 Å². The Morgan fingerprint density at radius 3 is 1.33 bits per heavy atom. The predicted molar refractivity (Wildman–Crippen MR) is 89.4 cm³/mol. The van der Waals surface area contributed by atoms with E-state index in [9.17, 15) is 10.2 Å². The number of rotatable bonds is 0. The van der Waals surface area contributed by atoms with E-state index in [1.165, 1.54) is 0 Å². The van der Waals surface area contributed by atoms with Gasteiger partial charge in [-0.25, -0.2) is 0 Å². The van der Waals surface area contributed by atoms with Crippen molar-refractivity contribution in [3.05, 3.63) is 57.1 Å². The topological polar surface area (TPSA) is 40.5 Å². The predicted octanol–water partition coefficient (Wildman–Crippen LogP) is 4.94. The Morgan fingerprint density at radius 2 is 0.905 bits per heavy atom. The second-order valence-electron chi connectivity index (χ2n) is 5.78. The Bertz CT molecular complexity index is 602.